The molecular weight excluding hydrogens is 456 g/mol. The lowest BCUT2D eigenvalue weighted by molar-refractivity contribution is -0.485. The van der Waals surface area contributed by atoms with Crippen molar-refractivity contribution >= 4 is 5.91 Å². The van der Waals surface area contributed by atoms with Gasteiger partial charge in [0.05, 0.1) is 12.6 Å². The first kappa shape index (κ1) is 24.7. The molecule has 6 fully saturated rings. The summed E-state index contributed by atoms with van der Waals surface area (Å²) in [6.07, 6.45) is 10.8. The zero-order valence-corrected chi connectivity index (χ0v) is 21.7. The van der Waals surface area contributed by atoms with Crippen LogP contribution in [0.25, 0.3) is 0 Å². The molecule has 6 aliphatic rings. The lowest BCUT2D eigenvalue weighted by Gasteiger charge is -2.58. The van der Waals surface area contributed by atoms with Crippen LogP contribution >= 0.6 is 0 Å². The monoisotopic (exact) mass is 498 g/mol. The summed E-state index contributed by atoms with van der Waals surface area (Å²) in [5.74, 6) is 3.79. The lowest BCUT2D eigenvalue weighted by Crippen LogP contribution is -2.60. The van der Waals surface area contributed by atoms with Crippen LogP contribution in [0.1, 0.15) is 69.3 Å². The number of nitrogens with zero attached hydrogens (tertiary/aromatic N) is 1. The molecule has 36 heavy (non-hydrogen) atoms. The number of ether oxygens (including phenoxy) is 2. The van der Waals surface area contributed by atoms with E-state index in [1.54, 1.807) is 0 Å². The lowest BCUT2D eigenvalue weighted by atomic mass is 9.53. The molecule has 0 unspecified atom stereocenters. The number of hydrogen-bond donors (Lipinski definition) is 1. The highest BCUT2D eigenvalue weighted by atomic mass is 17.2. The fourth-order valence-electron chi connectivity index (χ4n) is 7.99. The quantitative estimate of drug-likeness (QED) is 0.312. The number of hydrogen-bond acceptors (Lipinski definition) is 6. The van der Waals surface area contributed by atoms with Gasteiger partial charge in [0.1, 0.15) is 12.4 Å². The van der Waals surface area contributed by atoms with E-state index >= 15 is 0 Å². The van der Waals surface area contributed by atoms with Crippen LogP contribution in [-0.4, -0.2) is 62.6 Å². The number of nitrogens with one attached hydrogen (secondary N) is 1. The largest absolute Gasteiger partial charge is 0.492 e. The minimum Gasteiger partial charge on any atom is -0.492 e. The maximum absolute atomic E-state index is 11.5. The highest BCUT2D eigenvalue weighted by Gasteiger charge is 2.60. The Morgan fingerprint density at radius 2 is 1.67 bits per heavy atom. The van der Waals surface area contributed by atoms with E-state index in [2.05, 4.69) is 34.5 Å². The van der Waals surface area contributed by atoms with Crippen LogP contribution in [0.5, 0.6) is 5.75 Å². The van der Waals surface area contributed by atoms with Crippen molar-refractivity contribution in [1.82, 2.24) is 10.2 Å². The zero-order chi connectivity index (χ0) is 24.5. The van der Waals surface area contributed by atoms with E-state index in [-0.39, 0.29) is 12.0 Å². The standard InChI is InChI=1S/C29H42N2O5/c1-33-29(24-15-20-14-21(17-24)18-25(29)16-20)36-35-27-8-4-23(5-9-27)22-2-6-26(7-3-22)34-13-12-31-11-10-30-28(32)19-31/h2-3,6-7,20-21,23-25,27H,4-5,8-19H2,1H3,(H,30,32). The van der Waals surface area contributed by atoms with Gasteiger partial charge in [-0.2, -0.15) is 0 Å². The van der Waals surface area contributed by atoms with E-state index < -0.39 is 5.79 Å². The van der Waals surface area contributed by atoms with Crippen LogP contribution in [0.3, 0.4) is 0 Å². The second-order valence-corrected chi connectivity index (χ2v) is 11.9. The normalized spacial score (nSPS) is 38.2. The summed E-state index contributed by atoms with van der Waals surface area (Å²) in [4.78, 5) is 26.0. The van der Waals surface area contributed by atoms with Gasteiger partial charge in [0.2, 0.25) is 11.7 Å². The number of piperazine rings is 1. The summed E-state index contributed by atoms with van der Waals surface area (Å²) in [7, 11) is 1.82. The van der Waals surface area contributed by atoms with Gasteiger partial charge in [-0.1, -0.05) is 12.1 Å². The van der Waals surface area contributed by atoms with Gasteiger partial charge in [0, 0.05) is 38.6 Å². The second kappa shape index (κ2) is 10.6. The Balaban J connectivity index is 0.946. The van der Waals surface area contributed by atoms with E-state index in [0.29, 0.717) is 30.9 Å². The summed E-state index contributed by atoms with van der Waals surface area (Å²) >= 11 is 0. The van der Waals surface area contributed by atoms with Gasteiger partial charge in [0.25, 0.3) is 0 Å². The third-order valence-corrected chi connectivity index (χ3v) is 9.73. The minimum absolute atomic E-state index is 0.100. The van der Waals surface area contributed by atoms with Crippen molar-refractivity contribution in [2.24, 2.45) is 23.7 Å². The Labute approximate surface area is 215 Å². The molecule has 1 heterocycles. The smallest absolute Gasteiger partial charge is 0.234 e. The maximum Gasteiger partial charge on any atom is 0.234 e. The van der Waals surface area contributed by atoms with Crippen molar-refractivity contribution in [1.29, 1.82) is 0 Å². The zero-order valence-electron chi connectivity index (χ0n) is 21.7. The van der Waals surface area contributed by atoms with E-state index in [4.69, 9.17) is 19.2 Å². The van der Waals surface area contributed by atoms with Gasteiger partial charge in [-0.05, 0) is 93.2 Å². The molecule has 1 saturated heterocycles. The number of carbonyl (C=O) groups is 1. The summed E-state index contributed by atoms with van der Waals surface area (Å²) in [5, 5.41) is 2.86. The molecule has 1 N–H and O–H groups in total. The molecule has 0 radical (unpaired) electrons. The van der Waals surface area contributed by atoms with E-state index in [1.807, 2.05) is 7.11 Å². The Kier molecular flexibility index (Phi) is 7.26. The van der Waals surface area contributed by atoms with Gasteiger partial charge < -0.3 is 14.8 Å². The summed E-state index contributed by atoms with van der Waals surface area (Å²) < 4.78 is 12.0. The average Bonchev–Trinajstić information content (AvgIpc) is 2.89. The van der Waals surface area contributed by atoms with Gasteiger partial charge in [-0.3, -0.25) is 9.69 Å². The Bertz CT molecular complexity index is 869. The number of methoxy groups -OCH3 is 1. The van der Waals surface area contributed by atoms with Crippen molar-refractivity contribution in [3.05, 3.63) is 29.8 Å². The molecule has 1 aromatic carbocycles. The molecule has 0 atom stereocenters. The third-order valence-electron chi connectivity index (χ3n) is 9.73. The topological polar surface area (TPSA) is 69.3 Å². The molecule has 7 rings (SSSR count). The van der Waals surface area contributed by atoms with Gasteiger partial charge >= 0.3 is 0 Å². The predicted molar refractivity (Wildman–Crippen MR) is 135 cm³/mol. The number of carbonyl (C=O) groups excluding carboxylic acids is 1. The van der Waals surface area contributed by atoms with Crippen molar-refractivity contribution in [3.63, 3.8) is 0 Å². The highest BCUT2D eigenvalue weighted by molar-refractivity contribution is 5.78. The van der Waals surface area contributed by atoms with Crippen molar-refractivity contribution in [2.75, 3.05) is 39.9 Å². The van der Waals surface area contributed by atoms with E-state index in [9.17, 15) is 4.79 Å². The van der Waals surface area contributed by atoms with Gasteiger partial charge in [-0.15, -0.1) is 0 Å². The Morgan fingerprint density at radius 3 is 2.31 bits per heavy atom. The first-order valence-electron chi connectivity index (χ1n) is 14.2. The molecule has 0 aromatic heterocycles. The van der Waals surface area contributed by atoms with Crippen LogP contribution in [0, 0.1) is 23.7 Å². The minimum atomic E-state index is -0.513. The molecule has 7 nitrogen and oxygen atoms in total. The summed E-state index contributed by atoms with van der Waals surface area (Å²) in [6.45, 7) is 3.45. The van der Waals surface area contributed by atoms with Gasteiger partial charge in [-0.25, -0.2) is 9.78 Å². The van der Waals surface area contributed by atoms with E-state index in [1.165, 1.54) is 37.7 Å². The molecule has 5 aliphatic carbocycles. The maximum atomic E-state index is 11.5. The molecule has 1 aliphatic heterocycles. The van der Waals surface area contributed by atoms with Gasteiger partial charge in [0.15, 0.2) is 0 Å². The summed E-state index contributed by atoms with van der Waals surface area (Å²) in [6, 6.07) is 8.58. The molecule has 7 heteroatoms. The predicted octanol–water partition coefficient (Wildman–Crippen LogP) is 4.27. The Hall–Kier alpha value is -1.67. The van der Waals surface area contributed by atoms with Crippen LogP contribution in [0.2, 0.25) is 0 Å². The molecule has 198 valence electrons. The first-order valence-corrected chi connectivity index (χ1v) is 14.2. The fraction of sp³-hybridized carbons (Fsp3) is 0.759. The molecule has 5 saturated carbocycles. The van der Waals surface area contributed by atoms with Crippen molar-refractivity contribution in [3.8, 4) is 5.75 Å². The van der Waals surface area contributed by atoms with E-state index in [0.717, 1.165) is 62.9 Å². The third kappa shape index (κ3) is 5.04. The van der Waals surface area contributed by atoms with Crippen molar-refractivity contribution in [2.45, 2.75) is 75.6 Å². The molecule has 4 bridgehead atoms. The molecular formula is C29H42N2O5. The van der Waals surface area contributed by atoms with Crippen LogP contribution in [0.15, 0.2) is 24.3 Å². The number of rotatable bonds is 9. The fourth-order valence-corrected chi connectivity index (χ4v) is 7.99. The highest BCUT2D eigenvalue weighted by Crippen LogP contribution is 2.60. The first-order chi connectivity index (χ1) is 17.6. The second-order valence-electron chi connectivity index (χ2n) is 11.9. The number of benzene rings is 1. The Morgan fingerprint density at radius 1 is 0.972 bits per heavy atom. The molecule has 0 spiro atoms. The summed E-state index contributed by atoms with van der Waals surface area (Å²) in [5.41, 5.74) is 1.38. The van der Waals surface area contributed by atoms with Crippen LogP contribution in [0.4, 0.5) is 0 Å². The molecule has 1 amide bonds. The average molecular weight is 499 g/mol. The number of amides is 1. The van der Waals surface area contributed by atoms with Crippen LogP contribution < -0.4 is 10.1 Å². The molecule has 1 aromatic rings. The van der Waals surface area contributed by atoms with Crippen LogP contribution in [-0.2, 0) is 19.3 Å². The SMILES string of the molecule is COC1(OOC2CCC(c3ccc(OCCN4CCNC(=O)C4)cc3)CC2)C2CC3CC(C2)CC1C3. The van der Waals surface area contributed by atoms with Crippen molar-refractivity contribution < 1.29 is 24.0 Å².